The second-order valence-corrected chi connectivity index (χ2v) is 14.2. The van der Waals surface area contributed by atoms with Crippen molar-refractivity contribution < 1.29 is 0 Å². The maximum atomic E-state index is 5.08. The van der Waals surface area contributed by atoms with E-state index in [9.17, 15) is 0 Å². The molecule has 2 aromatic heterocycles. The molecule has 2 aliphatic rings. The van der Waals surface area contributed by atoms with Crippen LogP contribution in [0.25, 0.3) is 78.7 Å². The first-order valence-corrected chi connectivity index (χ1v) is 18.6. The molecule has 0 saturated carbocycles. The average Bonchev–Trinajstić information content (AvgIpc) is 3.75. The van der Waals surface area contributed by atoms with Crippen LogP contribution < -0.4 is 0 Å². The molecule has 0 N–H and O–H groups in total. The summed E-state index contributed by atoms with van der Waals surface area (Å²) in [5.41, 5.74) is 17.5. The van der Waals surface area contributed by atoms with E-state index >= 15 is 0 Å². The number of fused-ring (bicyclic) bond motifs is 10. The van der Waals surface area contributed by atoms with Crippen LogP contribution in [0.5, 0.6) is 0 Å². The van der Waals surface area contributed by atoms with Crippen LogP contribution in [-0.4, -0.2) is 19.9 Å². The Labute approximate surface area is 319 Å². The summed E-state index contributed by atoms with van der Waals surface area (Å²) in [6.07, 6.45) is 3.54. The fourth-order valence-electron chi connectivity index (χ4n) is 8.92. The summed E-state index contributed by atoms with van der Waals surface area (Å²) in [5.74, 6) is 1.85. The Morgan fingerprint density at radius 2 is 0.745 bits per heavy atom. The van der Waals surface area contributed by atoms with E-state index in [0.717, 1.165) is 33.4 Å². The number of benzene rings is 7. The Hall–Kier alpha value is -7.30. The van der Waals surface area contributed by atoms with Gasteiger partial charge in [-0.25, -0.2) is 15.0 Å². The van der Waals surface area contributed by atoms with Crippen LogP contribution in [0.15, 0.2) is 194 Å². The number of hydrogen-bond donors (Lipinski definition) is 0. The molecule has 1 spiro atoms. The first-order valence-electron chi connectivity index (χ1n) is 18.6. The van der Waals surface area contributed by atoms with Gasteiger partial charge in [0.05, 0.1) is 5.41 Å². The van der Waals surface area contributed by atoms with Crippen molar-refractivity contribution in [3.05, 3.63) is 217 Å². The summed E-state index contributed by atoms with van der Waals surface area (Å²) in [6.45, 7) is 0. The van der Waals surface area contributed by atoms with Gasteiger partial charge in [-0.2, -0.15) is 0 Å². The Balaban J connectivity index is 1.04. The van der Waals surface area contributed by atoms with Gasteiger partial charge in [0.25, 0.3) is 0 Å². The first kappa shape index (κ1) is 31.2. The lowest BCUT2D eigenvalue weighted by molar-refractivity contribution is 0.794. The Morgan fingerprint density at radius 3 is 1.42 bits per heavy atom. The highest BCUT2D eigenvalue weighted by Gasteiger charge is 2.51. The normalized spacial score (nSPS) is 12.9. The zero-order valence-corrected chi connectivity index (χ0v) is 29.8. The molecule has 0 saturated heterocycles. The van der Waals surface area contributed by atoms with Crippen LogP contribution in [0.2, 0.25) is 0 Å². The van der Waals surface area contributed by atoms with Gasteiger partial charge in [-0.1, -0.05) is 164 Å². The fraction of sp³-hybridized carbons (Fsp3) is 0.0196. The van der Waals surface area contributed by atoms with Crippen molar-refractivity contribution in [2.45, 2.75) is 5.41 Å². The number of hydrogen-bond acceptors (Lipinski definition) is 4. The van der Waals surface area contributed by atoms with Crippen LogP contribution in [0, 0.1) is 0 Å². The predicted molar refractivity (Wildman–Crippen MR) is 221 cm³/mol. The third-order valence-corrected chi connectivity index (χ3v) is 11.3. The lowest BCUT2D eigenvalue weighted by Crippen LogP contribution is -2.25. The van der Waals surface area contributed by atoms with Crippen molar-refractivity contribution in [2.24, 2.45) is 0 Å². The molecule has 7 aromatic carbocycles. The van der Waals surface area contributed by atoms with E-state index in [2.05, 4.69) is 169 Å². The molecule has 4 heteroatoms. The van der Waals surface area contributed by atoms with Crippen molar-refractivity contribution in [1.82, 2.24) is 19.9 Å². The minimum Gasteiger partial charge on any atom is -0.265 e. The van der Waals surface area contributed by atoms with Crippen molar-refractivity contribution >= 4 is 0 Å². The van der Waals surface area contributed by atoms with Crippen LogP contribution in [0.3, 0.4) is 0 Å². The number of aromatic nitrogens is 4. The Kier molecular flexibility index (Phi) is 7.04. The van der Waals surface area contributed by atoms with Crippen molar-refractivity contribution in [3.8, 4) is 78.7 Å². The van der Waals surface area contributed by atoms with Gasteiger partial charge in [0.15, 0.2) is 17.5 Å². The SMILES string of the molecule is c1ccc(-c2cccc(-c3nc(-c4ccncc4)nc(-c4ccc(-c5cccc6c5-c5ccccc5C65c6ccccc6-c6ccccc65)cc4)n3)c2)cc1. The van der Waals surface area contributed by atoms with Gasteiger partial charge in [-0.05, 0) is 85.0 Å². The highest BCUT2D eigenvalue weighted by Crippen LogP contribution is 2.63. The highest BCUT2D eigenvalue weighted by molar-refractivity contribution is 6.00. The van der Waals surface area contributed by atoms with Gasteiger partial charge >= 0.3 is 0 Å². The Morgan fingerprint density at radius 1 is 0.291 bits per heavy atom. The van der Waals surface area contributed by atoms with Gasteiger partial charge in [0.1, 0.15) is 0 Å². The summed E-state index contributed by atoms with van der Waals surface area (Å²) in [6, 6.07) is 65.0. The number of rotatable bonds is 5. The maximum absolute atomic E-state index is 5.08. The minimum absolute atomic E-state index is 0.377. The molecule has 0 fully saturated rings. The lowest BCUT2D eigenvalue weighted by Gasteiger charge is -2.30. The lowest BCUT2D eigenvalue weighted by atomic mass is 9.70. The van der Waals surface area contributed by atoms with Gasteiger partial charge in [0.2, 0.25) is 0 Å². The van der Waals surface area contributed by atoms with E-state index in [-0.39, 0.29) is 5.41 Å². The molecule has 2 heterocycles. The standard InChI is InChI=1S/C51H32N4/c1-2-12-33(13-3-1)37-14-10-15-38(32-37)50-54-48(53-49(55-50)36-28-30-52-31-29-36)35-26-24-34(25-27-35)39-19-11-23-46-47(39)42-18-6-9-22-45(42)51(46)43-20-7-4-16-40(43)41-17-5-8-21-44(41)51/h1-32H. The summed E-state index contributed by atoms with van der Waals surface area (Å²) in [7, 11) is 0. The molecule has 9 aromatic rings. The third-order valence-electron chi connectivity index (χ3n) is 11.3. The molecule has 4 nitrogen and oxygen atoms in total. The zero-order valence-electron chi connectivity index (χ0n) is 29.8. The van der Waals surface area contributed by atoms with E-state index in [0.29, 0.717) is 17.5 Å². The van der Waals surface area contributed by atoms with Gasteiger partial charge < -0.3 is 0 Å². The molecule has 0 amide bonds. The molecule has 0 radical (unpaired) electrons. The quantitative estimate of drug-likeness (QED) is 0.179. The van der Waals surface area contributed by atoms with Crippen LogP contribution in [-0.2, 0) is 5.41 Å². The first-order chi connectivity index (χ1) is 27.3. The maximum Gasteiger partial charge on any atom is 0.164 e. The summed E-state index contributed by atoms with van der Waals surface area (Å²) < 4.78 is 0. The van der Waals surface area contributed by atoms with Gasteiger partial charge in [0, 0.05) is 29.1 Å². The smallest absolute Gasteiger partial charge is 0.164 e. The van der Waals surface area contributed by atoms with Gasteiger partial charge in [-0.15, -0.1) is 0 Å². The zero-order chi connectivity index (χ0) is 36.3. The van der Waals surface area contributed by atoms with Crippen LogP contribution in [0.1, 0.15) is 22.3 Å². The van der Waals surface area contributed by atoms with E-state index in [1.165, 1.54) is 50.1 Å². The molecule has 0 aliphatic heterocycles. The van der Waals surface area contributed by atoms with E-state index in [1.54, 1.807) is 12.4 Å². The van der Waals surface area contributed by atoms with Crippen LogP contribution >= 0.6 is 0 Å². The average molecular weight is 701 g/mol. The second-order valence-electron chi connectivity index (χ2n) is 14.2. The third kappa shape index (κ3) is 4.78. The summed E-state index contributed by atoms with van der Waals surface area (Å²) >= 11 is 0. The fourth-order valence-corrected chi connectivity index (χ4v) is 8.92. The Bertz CT molecular complexity index is 2870. The van der Waals surface area contributed by atoms with Gasteiger partial charge in [-0.3, -0.25) is 4.98 Å². The monoisotopic (exact) mass is 700 g/mol. The molecular weight excluding hydrogens is 669 g/mol. The molecule has 0 atom stereocenters. The number of nitrogens with zero attached hydrogens (tertiary/aromatic N) is 4. The molecule has 55 heavy (non-hydrogen) atoms. The van der Waals surface area contributed by atoms with Crippen molar-refractivity contribution in [3.63, 3.8) is 0 Å². The van der Waals surface area contributed by atoms with Crippen molar-refractivity contribution in [1.29, 1.82) is 0 Å². The second kappa shape index (κ2) is 12.4. The summed E-state index contributed by atoms with van der Waals surface area (Å²) in [5, 5.41) is 0. The van der Waals surface area contributed by atoms with E-state index in [4.69, 9.17) is 15.0 Å². The van der Waals surface area contributed by atoms with E-state index in [1.807, 2.05) is 18.2 Å². The largest absolute Gasteiger partial charge is 0.265 e. The molecular formula is C51H32N4. The molecule has 11 rings (SSSR count). The molecule has 256 valence electrons. The predicted octanol–water partition coefficient (Wildman–Crippen LogP) is 11.9. The molecule has 0 bridgehead atoms. The minimum atomic E-state index is -0.377. The number of pyridine rings is 1. The molecule has 0 unspecified atom stereocenters. The van der Waals surface area contributed by atoms with Crippen LogP contribution in [0.4, 0.5) is 0 Å². The van der Waals surface area contributed by atoms with Crippen molar-refractivity contribution in [2.75, 3.05) is 0 Å². The van der Waals surface area contributed by atoms with E-state index < -0.39 is 0 Å². The molecule has 2 aliphatic carbocycles. The highest BCUT2D eigenvalue weighted by atomic mass is 15.0. The summed E-state index contributed by atoms with van der Waals surface area (Å²) in [4.78, 5) is 19.3. The topological polar surface area (TPSA) is 51.6 Å².